The van der Waals surface area contributed by atoms with Gasteiger partial charge in [0.2, 0.25) is 5.91 Å². The van der Waals surface area contributed by atoms with Crippen LogP contribution in [-0.4, -0.2) is 25.0 Å². The summed E-state index contributed by atoms with van der Waals surface area (Å²) in [5.41, 5.74) is 3.10. The van der Waals surface area contributed by atoms with Crippen LogP contribution in [0.25, 0.3) is 0 Å². The Morgan fingerprint density at radius 1 is 1.04 bits per heavy atom. The number of nitrogens with one attached hydrogen (secondary N) is 1. The lowest BCUT2D eigenvalue weighted by atomic mass is 10.1. The second-order valence-corrected chi connectivity index (χ2v) is 5.79. The highest BCUT2D eigenvalue weighted by Crippen LogP contribution is 2.18. The number of hydrogen-bond donors (Lipinski definition) is 1. The van der Waals surface area contributed by atoms with Crippen molar-refractivity contribution in [3.63, 3.8) is 0 Å². The van der Waals surface area contributed by atoms with Gasteiger partial charge in [-0.15, -0.1) is 0 Å². The predicted molar refractivity (Wildman–Crippen MR) is 95.3 cm³/mol. The molecule has 2 aromatic carbocycles. The number of hydrogen-bond acceptors (Lipinski definition) is 4. The Kier molecular flexibility index (Phi) is 7.01. The zero-order chi connectivity index (χ0) is 18.1. The molecule has 0 atom stereocenters. The highest BCUT2D eigenvalue weighted by molar-refractivity contribution is 5.81. The van der Waals surface area contributed by atoms with E-state index in [4.69, 9.17) is 9.47 Å². The Bertz CT molecular complexity index is 713. The van der Waals surface area contributed by atoms with Crippen LogP contribution in [0.4, 0.5) is 0 Å². The van der Waals surface area contributed by atoms with Crippen molar-refractivity contribution in [1.29, 1.82) is 0 Å². The summed E-state index contributed by atoms with van der Waals surface area (Å²) in [5.74, 6) is 0.0506. The van der Waals surface area contributed by atoms with E-state index in [2.05, 4.69) is 5.32 Å². The van der Waals surface area contributed by atoms with E-state index >= 15 is 0 Å². The third-order valence-corrected chi connectivity index (χ3v) is 3.59. The first-order valence-electron chi connectivity index (χ1n) is 8.21. The first-order valence-corrected chi connectivity index (χ1v) is 8.21. The molecule has 0 aliphatic carbocycles. The van der Waals surface area contributed by atoms with Gasteiger partial charge < -0.3 is 14.8 Å². The maximum Gasteiger partial charge on any atom is 0.325 e. The monoisotopic (exact) mass is 341 g/mol. The molecule has 0 aliphatic rings. The second-order valence-electron chi connectivity index (χ2n) is 5.79. The number of aryl methyl sites for hydroxylation is 2. The molecule has 0 aromatic heterocycles. The minimum Gasteiger partial charge on any atom is -0.493 e. The second kappa shape index (κ2) is 9.47. The van der Waals surface area contributed by atoms with Gasteiger partial charge in [-0.25, -0.2) is 0 Å². The van der Waals surface area contributed by atoms with Crippen LogP contribution in [0.15, 0.2) is 48.5 Å². The number of benzene rings is 2. The lowest BCUT2D eigenvalue weighted by Gasteiger charge is -2.10. The summed E-state index contributed by atoms with van der Waals surface area (Å²) < 4.78 is 10.7. The third-order valence-electron chi connectivity index (χ3n) is 3.59. The lowest BCUT2D eigenvalue weighted by Crippen LogP contribution is -2.31. The normalized spacial score (nSPS) is 10.2. The molecule has 0 fully saturated rings. The quantitative estimate of drug-likeness (QED) is 0.750. The van der Waals surface area contributed by atoms with Gasteiger partial charge in [0.25, 0.3) is 0 Å². The highest BCUT2D eigenvalue weighted by atomic mass is 16.5. The molecule has 1 N–H and O–H groups in total. The molecule has 0 unspecified atom stereocenters. The molecule has 5 nitrogen and oxygen atoms in total. The van der Waals surface area contributed by atoms with E-state index < -0.39 is 5.97 Å². The summed E-state index contributed by atoms with van der Waals surface area (Å²) in [7, 11) is 0. The summed E-state index contributed by atoms with van der Waals surface area (Å²) in [6.07, 6.45) is 0.180. The lowest BCUT2D eigenvalue weighted by molar-refractivity contribution is -0.145. The summed E-state index contributed by atoms with van der Waals surface area (Å²) >= 11 is 0. The van der Waals surface area contributed by atoms with E-state index in [1.807, 2.05) is 62.4 Å². The molecule has 1 amide bonds. The first kappa shape index (κ1) is 18.5. The molecule has 2 rings (SSSR count). The summed E-state index contributed by atoms with van der Waals surface area (Å²) in [6.45, 7) is 4.29. The number of rotatable bonds is 8. The molecule has 0 spiro atoms. The minimum absolute atomic E-state index is 0.144. The SMILES string of the molecule is Cc1ccc(OCCC(=O)NCC(=O)OCc2ccccc2)c(C)c1. The van der Waals surface area contributed by atoms with Gasteiger partial charge in [-0.05, 0) is 31.0 Å². The molecule has 0 radical (unpaired) electrons. The fourth-order valence-corrected chi connectivity index (χ4v) is 2.26. The molecule has 0 bridgehead atoms. The molecular weight excluding hydrogens is 318 g/mol. The van der Waals surface area contributed by atoms with Crippen LogP contribution in [0.3, 0.4) is 0 Å². The number of esters is 1. The molecular formula is C20H23NO4. The Hall–Kier alpha value is -2.82. The minimum atomic E-state index is -0.465. The fourth-order valence-electron chi connectivity index (χ4n) is 2.26. The third kappa shape index (κ3) is 6.67. The first-order chi connectivity index (χ1) is 12.0. The molecule has 132 valence electrons. The van der Waals surface area contributed by atoms with E-state index in [0.717, 1.165) is 22.4 Å². The molecule has 0 heterocycles. The fraction of sp³-hybridized carbons (Fsp3) is 0.300. The van der Waals surface area contributed by atoms with E-state index in [1.54, 1.807) is 0 Å². The van der Waals surface area contributed by atoms with Gasteiger partial charge in [-0.2, -0.15) is 0 Å². The van der Waals surface area contributed by atoms with E-state index in [0.29, 0.717) is 0 Å². The maximum absolute atomic E-state index is 11.8. The Morgan fingerprint density at radius 2 is 1.80 bits per heavy atom. The molecule has 0 saturated carbocycles. The average Bonchev–Trinajstić information content (AvgIpc) is 2.61. The zero-order valence-corrected chi connectivity index (χ0v) is 14.6. The standard InChI is InChI=1S/C20H23NO4/c1-15-8-9-18(16(2)12-15)24-11-10-19(22)21-13-20(23)25-14-17-6-4-3-5-7-17/h3-9,12H,10-11,13-14H2,1-2H3,(H,21,22). The Labute approximate surface area is 148 Å². The van der Waals surface area contributed by atoms with E-state index in [-0.39, 0.29) is 32.1 Å². The molecule has 5 heteroatoms. The number of ether oxygens (including phenoxy) is 2. The van der Waals surface area contributed by atoms with E-state index in [1.165, 1.54) is 0 Å². The zero-order valence-electron chi connectivity index (χ0n) is 14.6. The van der Waals surface area contributed by atoms with Crippen LogP contribution in [0, 0.1) is 13.8 Å². The largest absolute Gasteiger partial charge is 0.493 e. The summed E-state index contributed by atoms with van der Waals surface area (Å²) in [5, 5.41) is 2.54. The van der Waals surface area contributed by atoms with Gasteiger partial charge in [0.05, 0.1) is 13.0 Å². The van der Waals surface area contributed by atoms with Crippen LogP contribution in [0.2, 0.25) is 0 Å². The van der Waals surface area contributed by atoms with Gasteiger partial charge in [-0.3, -0.25) is 9.59 Å². The van der Waals surface area contributed by atoms with Crippen molar-refractivity contribution in [1.82, 2.24) is 5.32 Å². The van der Waals surface area contributed by atoms with Crippen molar-refractivity contribution in [3.8, 4) is 5.75 Å². The number of carbonyl (C=O) groups excluding carboxylic acids is 2. The Morgan fingerprint density at radius 3 is 2.52 bits per heavy atom. The summed E-state index contributed by atoms with van der Waals surface area (Å²) in [6, 6.07) is 15.3. The van der Waals surface area contributed by atoms with Gasteiger partial charge in [0.15, 0.2) is 0 Å². The van der Waals surface area contributed by atoms with Gasteiger partial charge >= 0.3 is 5.97 Å². The van der Waals surface area contributed by atoms with Crippen molar-refractivity contribution >= 4 is 11.9 Å². The van der Waals surface area contributed by atoms with Crippen molar-refractivity contribution in [2.45, 2.75) is 26.9 Å². The Balaban J connectivity index is 1.62. The topological polar surface area (TPSA) is 64.6 Å². The molecule has 0 aliphatic heterocycles. The van der Waals surface area contributed by atoms with Crippen molar-refractivity contribution in [3.05, 3.63) is 65.2 Å². The molecule has 2 aromatic rings. The predicted octanol–water partition coefficient (Wildman–Crippen LogP) is 2.93. The van der Waals surface area contributed by atoms with Crippen LogP contribution >= 0.6 is 0 Å². The summed E-state index contributed by atoms with van der Waals surface area (Å²) in [4.78, 5) is 23.4. The van der Waals surface area contributed by atoms with Crippen molar-refractivity contribution in [2.24, 2.45) is 0 Å². The van der Waals surface area contributed by atoms with Crippen molar-refractivity contribution in [2.75, 3.05) is 13.2 Å². The number of carbonyl (C=O) groups is 2. The number of amides is 1. The van der Waals surface area contributed by atoms with Crippen LogP contribution < -0.4 is 10.1 Å². The van der Waals surface area contributed by atoms with Gasteiger partial charge in [0.1, 0.15) is 18.9 Å². The van der Waals surface area contributed by atoms with Crippen molar-refractivity contribution < 1.29 is 19.1 Å². The van der Waals surface area contributed by atoms with Crippen LogP contribution in [0.1, 0.15) is 23.1 Å². The van der Waals surface area contributed by atoms with E-state index in [9.17, 15) is 9.59 Å². The maximum atomic E-state index is 11.8. The average molecular weight is 341 g/mol. The molecule has 25 heavy (non-hydrogen) atoms. The van der Waals surface area contributed by atoms with Crippen LogP contribution in [-0.2, 0) is 20.9 Å². The molecule has 0 saturated heterocycles. The smallest absolute Gasteiger partial charge is 0.325 e. The highest BCUT2D eigenvalue weighted by Gasteiger charge is 2.08. The van der Waals surface area contributed by atoms with Crippen LogP contribution in [0.5, 0.6) is 5.75 Å². The van der Waals surface area contributed by atoms with Gasteiger partial charge in [0, 0.05) is 0 Å². The van der Waals surface area contributed by atoms with Gasteiger partial charge in [-0.1, -0.05) is 48.0 Å².